The maximum absolute atomic E-state index is 13.5. The van der Waals surface area contributed by atoms with Gasteiger partial charge in [0.15, 0.2) is 29.2 Å². The third-order valence-electron chi connectivity index (χ3n) is 7.47. The molecule has 15 heteroatoms. The predicted octanol–water partition coefficient (Wildman–Crippen LogP) is -1.29. The molecule has 3 aromatic rings. The van der Waals surface area contributed by atoms with Crippen LogP contribution >= 0.6 is 0 Å². The van der Waals surface area contributed by atoms with Gasteiger partial charge in [0.2, 0.25) is 17.5 Å². The Labute approximate surface area is 229 Å². The minimum absolute atomic E-state index is 0.0356. The van der Waals surface area contributed by atoms with Gasteiger partial charge in [-0.3, -0.25) is 4.79 Å². The number of aliphatic hydroxyl groups excluding tert-OH is 4. The van der Waals surface area contributed by atoms with E-state index in [0.29, 0.717) is 0 Å². The van der Waals surface area contributed by atoms with E-state index in [1.54, 1.807) is 0 Å². The Bertz CT molecular complexity index is 1550. The lowest BCUT2D eigenvalue weighted by Crippen LogP contribution is -2.52. The number of aliphatic hydroxyl groups is 5. The molecule has 3 heterocycles. The Morgan fingerprint density at radius 1 is 0.878 bits per heavy atom. The smallest absolute Gasteiger partial charge is 0.239 e. The van der Waals surface area contributed by atoms with Crippen molar-refractivity contribution in [1.82, 2.24) is 0 Å². The van der Waals surface area contributed by atoms with E-state index in [2.05, 4.69) is 0 Å². The number of fused-ring (bicyclic) bond motifs is 2. The molecule has 15 nitrogen and oxygen atoms in total. The quantitative estimate of drug-likeness (QED) is 0.154. The first-order valence-corrected chi connectivity index (χ1v) is 12.5. The summed E-state index contributed by atoms with van der Waals surface area (Å²) in [7, 11) is 0. The van der Waals surface area contributed by atoms with Gasteiger partial charge in [0.1, 0.15) is 53.0 Å². The fraction of sp³-hybridized carbons (Fsp3) is 0.423. The van der Waals surface area contributed by atoms with E-state index >= 15 is 0 Å². The van der Waals surface area contributed by atoms with Crippen LogP contribution in [0.15, 0.2) is 39.5 Å². The molecule has 3 aliphatic rings. The molecule has 9 atom stereocenters. The molecule has 1 aromatic heterocycles. The van der Waals surface area contributed by atoms with Crippen molar-refractivity contribution in [3.05, 3.63) is 40.6 Å². The van der Waals surface area contributed by atoms with Crippen molar-refractivity contribution in [3.8, 4) is 40.1 Å². The molecule has 2 aliphatic heterocycles. The molecular weight excluding hydrogens is 552 g/mol. The maximum Gasteiger partial charge on any atom is 0.239 e. The first kappa shape index (κ1) is 27.5. The Morgan fingerprint density at radius 3 is 2.32 bits per heavy atom. The Balaban J connectivity index is 1.30. The number of aromatic hydroxyl groups is 4. The zero-order chi connectivity index (χ0) is 29.4. The molecule has 0 bridgehead atoms. The van der Waals surface area contributed by atoms with Crippen LogP contribution in [0.4, 0.5) is 0 Å². The second kappa shape index (κ2) is 9.71. The van der Waals surface area contributed by atoms with Crippen LogP contribution in [-0.4, -0.2) is 107 Å². The van der Waals surface area contributed by atoms with Crippen LogP contribution in [0.3, 0.4) is 0 Å². The third kappa shape index (κ3) is 4.43. The highest BCUT2D eigenvalue weighted by atomic mass is 16.7. The van der Waals surface area contributed by atoms with Crippen LogP contribution in [0.25, 0.3) is 22.3 Å². The minimum Gasteiger partial charge on any atom is -0.508 e. The number of phenolic OH excluding ortho intramolecular Hbond substituents is 4. The average molecular weight is 578 g/mol. The van der Waals surface area contributed by atoms with Crippen LogP contribution in [0.1, 0.15) is 6.42 Å². The molecular formula is C26H26O15. The molecule has 9 unspecified atom stereocenters. The molecule has 0 spiro atoms. The molecule has 9 N–H and O–H groups in total. The van der Waals surface area contributed by atoms with Crippen LogP contribution in [0, 0.1) is 0 Å². The molecule has 1 aliphatic carbocycles. The van der Waals surface area contributed by atoms with E-state index in [9.17, 15) is 50.8 Å². The average Bonchev–Trinajstić information content (AvgIpc) is 3.32. The third-order valence-corrected chi connectivity index (χ3v) is 7.47. The first-order chi connectivity index (χ1) is 19.4. The van der Waals surface area contributed by atoms with E-state index in [1.807, 2.05) is 0 Å². The highest BCUT2D eigenvalue weighted by molar-refractivity contribution is 5.88. The normalized spacial score (nSPS) is 34.5. The van der Waals surface area contributed by atoms with Crippen molar-refractivity contribution >= 4 is 11.0 Å². The summed E-state index contributed by atoms with van der Waals surface area (Å²) in [6, 6.07) is 5.45. The highest BCUT2D eigenvalue weighted by Gasteiger charge is 2.76. The van der Waals surface area contributed by atoms with Crippen molar-refractivity contribution in [2.24, 2.45) is 0 Å². The zero-order valence-electron chi connectivity index (χ0n) is 20.9. The molecule has 220 valence electrons. The lowest BCUT2D eigenvalue weighted by molar-refractivity contribution is -0.264. The second-order valence-electron chi connectivity index (χ2n) is 10.2. The number of benzene rings is 2. The molecule has 3 fully saturated rings. The maximum atomic E-state index is 13.5. The summed E-state index contributed by atoms with van der Waals surface area (Å²) in [4.78, 5) is 13.5. The number of rotatable bonds is 6. The first-order valence-electron chi connectivity index (χ1n) is 12.5. The topological polar surface area (TPSA) is 249 Å². The van der Waals surface area contributed by atoms with Crippen molar-refractivity contribution in [3.63, 3.8) is 0 Å². The van der Waals surface area contributed by atoms with Gasteiger partial charge in [-0.15, -0.1) is 0 Å². The van der Waals surface area contributed by atoms with Crippen molar-refractivity contribution in [2.45, 2.75) is 61.2 Å². The van der Waals surface area contributed by atoms with Gasteiger partial charge in [-0.2, -0.15) is 0 Å². The van der Waals surface area contributed by atoms with Gasteiger partial charge in [-0.1, -0.05) is 0 Å². The summed E-state index contributed by atoms with van der Waals surface area (Å²) in [6.07, 6.45) is -11.1. The second-order valence-corrected chi connectivity index (χ2v) is 10.2. The van der Waals surface area contributed by atoms with Gasteiger partial charge in [0, 0.05) is 24.1 Å². The highest BCUT2D eigenvalue weighted by Crippen LogP contribution is 2.50. The molecule has 41 heavy (non-hydrogen) atoms. The van der Waals surface area contributed by atoms with E-state index < -0.39 is 95.6 Å². The molecule has 2 saturated heterocycles. The van der Waals surface area contributed by atoms with E-state index in [1.165, 1.54) is 6.07 Å². The molecule has 2 aromatic carbocycles. The van der Waals surface area contributed by atoms with Crippen molar-refractivity contribution < 1.29 is 69.3 Å². The number of hydrogen-bond acceptors (Lipinski definition) is 15. The standard InChI is InChI=1S/C26H26O15/c27-9-4-13(31)17-15(5-9)38-19(8-1-2-10(28)11(29)3-8)20(18(17)33)40-24-14(32)6-12(30)16(39-24)7-37-25-22(35)26(36)21(34)23(26)41-25/h1-5,12,14,16,21-25,27-32,34-36H,6-7H2. The van der Waals surface area contributed by atoms with Crippen LogP contribution < -0.4 is 10.2 Å². The zero-order valence-corrected chi connectivity index (χ0v) is 20.9. The monoisotopic (exact) mass is 578 g/mol. The van der Waals surface area contributed by atoms with Crippen LogP contribution in [0.2, 0.25) is 0 Å². The summed E-state index contributed by atoms with van der Waals surface area (Å²) >= 11 is 0. The Morgan fingerprint density at radius 2 is 1.63 bits per heavy atom. The Kier molecular flexibility index (Phi) is 6.51. The number of hydrogen-bond donors (Lipinski definition) is 9. The molecule has 1 saturated carbocycles. The Hall–Kier alpha value is -3.67. The van der Waals surface area contributed by atoms with E-state index in [4.69, 9.17) is 23.4 Å². The summed E-state index contributed by atoms with van der Waals surface area (Å²) in [5.41, 5.74) is -3.00. The van der Waals surface area contributed by atoms with Crippen LogP contribution in [0.5, 0.6) is 28.7 Å². The summed E-state index contributed by atoms with van der Waals surface area (Å²) in [6.45, 7) is -0.417. The molecule has 6 rings (SSSR count). The largest absolute Gasteiger partial charge is 0.508 e. The summed E-state index contributed by atoms with van der Waals surface area (Å²) in [5, 5.41) is 90.6. The minimum atomic E-state index is -1.86. The molecule has 0 radical (unpaired) electrons. The fourth-order valence-electron chi connectivity index (χ4n) is 5.09. The lowest BCUT2D eigenvalue weighted by atomic mass is 10.0. The van der Waals surface area contributed by atoms with Gasteiger partial charge in [-0.05, 0) is 18.2 Å². The summed E-state index contributed by atoms with van der Waals surface area (Å²) < 4.78 is 27.9. The van der Waals surface area contributed by atoms with Crippen LogP contribution in [-0.2, 0) is 14.2 Å². The van der Waals surface area contributed by atoms with Gasteiger partial charge < -0.3 is 69.3 Å². The van der Waals surface area contributed by atoms with Gasteiger partial charge in [-0.25, -0.2) is 0 Å². The van der Waals surface area contributed by atoms with E-state index in [0.717, 1.165) is 24.3 Å². The fourth-order valence-corrected chi connectivity index (χ4v) is 5.09. The lowest BCUT2D eigenvalue weighted by Gasteiger charge is -2.37. The molecule has 0 amide bonds. The van der Waals surface area contributed by atoms with Crippen molar-refractivity contribution in [1.29, 1.82) is 0 Å². The van der Waals surface area contributed by atoms with Crippen molar-refractivity contribution in [2.75, 3.05) is 6.61 Å². The van der Waals surface area contributed by atoms with Gasteiger partial charge >= 0.3 is 0 Å². The van der Waals surface area contributed by atoms with Gasteiger partial charge in [0.05, 0.1) is 12.7 Å². The number of ether oxygens (including phenoxy) is 4. The van der Waals surface area contributed by atoms with Gasteiger partial charge in [0.25, 0.3) is 0 Å². The number of phenols is 4. The van der Waals surface area contributed by atoms with E-state index in [-0.39, 0.29) is 28.7 Å². The SMILES string of the molecule is O=c1c(OC2OC(COC3OC4C(O)C4(O)C3O)C(O)CC2O)c(-c2ccc(O)c(O)c2)oc2cc(O)cc(O)c12. The predicted molar refractivity (Wildman–Crippen MR) is 132 cm³/mol. The summed E-state index contributed by atoms with van der Waals surface area (Å²) in [5.74, 6) is -2.96.